The van der Waals surface area contributed by atoms with Crippen LogP contribution in [-0.2, 0) is 4.79 Å². The van der Waals surface area contributed by atoms with Crippen LogP contribution in [0.3, 0.4) is 0 Å². The number of rotatable bonds is 5. The summed E-state index contributed by atoms with van der Waals surface area (Å²) in [4.78, 5) is 16.5. The zero-order valence-electron chi connectivity index (χ0n) is 11.5. The van der Waals surface area contributed by atoms with Crippen molar-refractivity contribution in [1.29, 1.82) is 0 Å². The molecule has 1 rings (SSSR count). The van der Waals surface area contributed by atoms with Gasteiger partial charge in [0, 0.05) is 25.7 Å². The molecule has 0 aromatic heterocycles. The van der Waals surface area contributed by atoms with E-state index in [1.807, 2.05) is 25.7 Å². The molecule has 4 heteroatoms. The quantitative estimate of drug-likeness (QED) is 0.783. The Hall–Kier alpha value is -0.610. The SMILES string of the molecule is CCN(CC)C(=O)C(C)N1CCCCC1CN. The molecule has 1 aliphatic heterocycles. The van der Waals surface area contributed by atoms with Crippen LogP contribution in [0.25, 0.3) is 0 Å². The summed E-state index contributed by atoms with van der Waals surface area (Å²) >= 11 is 0. The highest BCUT2D eigenvalue weighted by Crippen LogP contribution is 2.19. The lowest BCUT2D eigenvalue weighted by molar-refractivity contribution is -0.137. The summed E-state index contributed by atoms with van der Waals surface area (Å²) in [6.07, 6.45) is 3.56. The van der Waals surface area contributed by atoms with Gasteiger partial charge in [-0.1, -0.05) is 6.42 Å². The Morgan fingerprint density at radius 3 is 2.59 bits per heavy atom. The van der Waals surface area contributed by atoms with Gasteiger partial charge in [-0.3, -0.25) is 9.69 Å². The first-order valence-electron chi connectivity index (χ1n) is 6.90. The monoisotopic (exact) mass is 241 g/mol. The number of carbonyl (C=O) groups is 1. The Bertz CT molecular complexity index is 241. The molecule has 2 N–H and O–H groups in total. The maximum Gasteiger partial charge on any atom is 0.239 e. The van der Waals surface area contributed by atoms with E-state index in [4.69, 9.17) is 5.73 Å². The zero-order valence-corrected chi connectivity index (χ0v) is 11.5. The molecule has 17 heavy (non-hydrogen) atoms. The molecule has 1 saturated heterocycles. The molecule has 0 aliphatic carbocycles. The summed E-state index contributed by atoms with van der Waals surface area (Å²) in [5, 5.41) is 0. The van der Waals surface area contributed by atoms with E-state index in [1.165, 1.54) is 12.8 Å². The lowest BCUT2D eigenvalue weighted by atomic mass is 10.00. The summed E-state index contributed by atoms with van der Waals surface area (Å²) in [5.74, 6) is 0.246. The van der Waals surface area contributed by atoms with E-state index in [9.17, 15) is 4.79 Å². The predicted octanol–water partition coefficient (Wildman–Crippen LogP) is 1.06. The Morgan fingerprint density at radius 1 is 1.41 bits per heavy atom. The van der Waals surface area contributed by atoms with Crippen molar-refractivity contribution in [2.75, 3.05) is 26.2 Å². The van der Waals surface area contributed by atoms with Crippen LogP contribution >= 0.6 is 0 Å². The molecule has 0 radical (unpaired) electrons. The number of amides is 1. The van der Waals surface area contributed by atoms with Crippen molar-refractivity contribution < 1.29 is 4.79 Å². The van der Waals surface area contributed by atoms with Gasteiger partial charge in [0.25, 0.3) is 0 Å². The Labute approximate surface area is 105 Å². The van der Waals surface area contributed by atoms with Crippen LogP contribution in [0.1, 0.15) is 40.0 Å². The van der Waals surface area contributed by atoms with Crippen molar-refractivity contribution in [2.45, 2.75) is 52.1 Å². The first kappa shape index (κ1) is 14.5. The normalized spacial score (nSPS) is 23.4. The van der Waals surface area contributed by atoms with Crippen molar-refractivity contribution in [2.24, 2.45) is 5.73 Å². The smallest absolute Gasteiger partial charge is 0.239 e. The minimum atomic E-state index is -0.0243. The summed E-state index contributed by atoms with van der Waals surface area (Å²) in [5.41, 5.74) is 5.81. The third-order valence-corrected chi connectivity index (χ3v) is 3.87. The maximum absolute atomic E-state index is 12.3. The van der Waals surface area contributed by atoms with Crippen LogP contribution in [0.5, 0.6) is 0 Å². The van der Waals surface area contributed by atoms with Crippen LogP contribution in [0.15, 0.2) is 0 Å². The number of nitrogens with zero attached hydrogens (tertiary/aromatic N) is 2. The highest BCUT2D eigenvalue weighted by Gasteiger charge is 2.30. The number of likely N-dealkylation sites (N-methyl/N-ethyl adjacent to an activating group) is 1. The second-order valence-corrected chi connectivity index (χ2v) is 4.81. The minimum absolute atomic E-state index is 0.0243. The number of piperidine rings is 1. The van der Waals surface area contributed by atoms with E-state index in [-0.39, 0.29) is 11.9 Å². The van der Waals surface area contributed by atoms with Gasteiger partial charge in [0.05, 0.1) is 6.04 Å². The van der Waals surface area contributed by atoms with Crippen LogP contribution in [0.4, 0.5) is 0 Å². The van der Waals surface area contributed by atoms with E-state index in [2.05, 4.69) is 4.90 Å². The highest BCUT2D eigenvalue weighted by molar-refractivity contribution is 5.81. The van der Waals surface area contributed by atoms with Crippen LogP contribution < -0.4 is 5.73 Å². The second-order valence-electron chi connectivity index (χ2n) is 4.81. The highest BCUT2D eigenvalue weighted by atomic mass is 16.2. The summed E-state index contributed by atoms with van der Waals surface area (Å²) in [7, 11) is 0. The molecule has 0 spiro atoms. The molecule has 0 bridgehead atoms. The first-order valence-corrected chi connectivity index (χ1v) is 6.90. The summed E-state index contributed by atoms with van der Waals surface area (Å²) in [6.45, 7) is 9.34. The molecule has 0 aromatic carbocycles. The molecule has 1 aliphatic rings. The fourth-order valence-corrected chi connectivity index (χ4v) is 2.73. The molecule has 1 fully saturated rings. The third kappa shape index (κ3) is 3.42. The van der Waals surface area contributed by atoms with E-state index < -0.39 is 0 Å². The predicted molar refractivity (Wildman–Crippen MR) is 70.8 cm³/mol. The lowest BCUT2D eigenvalue weighted by Crippen LogP contribution is -2.54. The van der Waals surface area contributed by atoms with Gasteiger partial charge in [-0.05, 0) is 40.2 Å². The second kappa shape index (κ2) is 6.97. The number of hydrogen-bond acceptors (Lipinski definition) is 3. The van der Waals surface area contributed by atoms with Crippen LogP contribution in [-0.4, -0.2) is 54.0 Å². The first-order chi connectivity index (χ1) is 8.15. The summed E-state index contributed by atoms with van der Waals surface area (Å²) in [6, 6.07) is 0.363. The van der Waals surface area contributed by atoms with Crippen molar-refractivity contribution in [3.05, 3.63) is 0 Å². The van der Waals surface area contributed by atoms with Gasteiger partial charge in [-0.2, -0.15) is 0 Å². The van der Waals surface area contributed by atoms with Crippen LogP contribution in [0, 0.1) is 0 Å². The topological polar surface area (TPSA) is 49.6 Å². The average molecular weight is 241 g/mol. The van der Waals surface area contributed by atoms with Crippen molar-refractivity contribution >= 4 is 5.91 Å². The fraction of sp³-hybridized carbons (Fsp3) is 0.923. The van der Waals surface area contributed by atoms with Gasteiger partial charge < -0.3 is 10.6 Å². The van der Waals surface area contributed by atoms with E-state index in [0.29, 0.717) is 12.6 Å². The van der Waals surface area contributed by atoms with Crippen molar-refractivity contribution in [3.63, 3.8) is 0 Å². The van der Waals surface area contributed by atoms with Gasteiger partial charge in [0.15, 0.2) is 0 Å². The molecule has 1 heterocycles. The molecule has 0 aromatic rings. The van der Waals surface area contributed by atoms with E-state index in [1.54, 1.807) is 0 Å². The van der Waals surface area contributed by atoms with Gasteiger partial charge in [-0.15, -0.1) is 0 Å². The van der Waals surface area contributed by atoms with Crippen molar-refractivity contribution in [3.8, 4) is 0 Å². The van der Waals surface area contributed by atoms with Gasteiger partial charge in [0.2, 0.25) is 5.91 Å². The molecule has 2 atom stereocenters. The standard InChI is InChI=1S/C13H27N3O/c1-4-15(5-2)13(17)11(3)16-9-7-6-8-12(16)10-14/h11-12H,4-10,14H2,1-3H3. The molecule has 0 saturated carbocycles. The molecule has 2 unspecified atom stereocenters. The third-order valence-electron chi connectivity index (χ3n) is 3.87. The molecular weight excluding hydrogens is 214 g/mol. The van der Waals surface area contributed by atoms with Gasteiger partial charge >= 0.3 is 0 Å². The molecular formula is C13H27N3O. The Morgan fingerprint density at radius 2 is 2.06 bits per heavy atom. The average Bonchev–Trinajstić information content (AvgIpc) is 2.39. The number of carbonyl (C=O) groups excluding carboxylic acids is 1. The van der Waals surface area contributed by atoms with Crippen LogP contribution in [0.2, 0.25) is 0 Å². The minimum Gasteiger partial charge on any atom is -0.342 e. The van der Waals surface area contributed by atoms with E-state index in [0.717, 1.165) is 26.1 Å². The number of hydrogen-bond donors (Lipinski definition) is 1. The number of nitrogens with two attached hydrogens (primary N) is 1. The Kier molecular flexibility index (Phi) is 5.92. The molecule has 1 amide bonds. The zero-order chi connectivity index (χ0) is 12.8. The Balaban J connectivity index is 2.66. The lowest BCUT2D eigenvalue weighted by Gasteiger charge is -2.40. The van der Waals surface area contributed by atoms with E-state index >= 15 is 0 Å². The fourth-order valence-electron chi connectivity index (χ4n) is 2.73. The largest absolute Gasteiger partial charge is 0.342 e. The van der Waals surface area contributed by atoms with Gasteiger partial charge in [0.1, 0.15) is 0 Å². The number of likely N-dealkylation sites (tertiary alicyclic amines) is 1. The van der Waals surface area contributed by atoms with Crippen molar-refractivity contribution in [1.82, 2.24) is 9.80 Å². The molecule has 4 nitrogen and oxygen atoms in total. The maximum atomic E-state index is 12.3. The summed E-state index contributed by atoms with van der Waals surface area (Å²) < 4.78 is 0. The molecule has 100 valence electrons. The van der Waals surface area contributed by atoms with Gasteiger partial charge in [-0.25, -0.2) is 0 Å².